The van der Waals surface area contributed by atoms with Crippen molar-refractivity contribution in [3.63, 3.8) is 0 Å². The zero-order chi connectivity index (χ0) is 39.7. The number of fused-ring (bicyclic) bond motifs is 3. The summed E-state index contributed by atoms with van der Waals surface area (Å²) in [6.07, 6.45) is 5.26. The molecule has 0 aromatic heterocycles. The molecule has 3 saturated heterocycles. The van der Waals surface area contributed by atoms with Crippen LogP contribution in [0, 0.1) is 5.41 Å². The van der Waals surface area contributed by atoms with Gasteiger partial charge >= 0.3 is 0 Å². The lowest BCUT2D eigenvalue weighted by Crippen LogP contribution is -2.54. The molecule has 4 aromatic carbocycles. The van der Waals surface area contributed by atoms with Crippen molar-refractivity contribution in [3.05, 3.63) is 129 Å². The van der Waals surface area contributed by atoms with Crippen LogP contribution in [-0.2, 0) is 33.9 Å². The first kappa shape index (κ1) is 36.5. The number of hydrogen-bond donors (Lipinski definition) is 2. The van der Waals surface area contributed by atoms with E-state index in [1.807, 2.05) is 17.0 Å². The van der Waals surface area contributed by atoms with Gasteiger partial charge in [0, 0.05) is 57.3 Å². The van der Waals surface area contributed by atoms with Gasteiger partial charge in [0.05, 0.1) is 17.7 Å². The second-order valence-corrected chi connectivity index (χ2v) is 17.3. The molecule has 296 valence electrons. The number of carbonyl (C=O) groups excluding carboxylic acids is 5. The molecule has 11 nitrogen and oxygen atoms in total. The highest BCUT2D eigenvalue weighted by Crippen LogP contribution is 2.48. The molecule has 3 atom stereocenters. The number of rotatable bonds is 6. The molecule has 10 rings (SSSR count). The largest absolute Gasteiger partial charge is 0.508 e. The molecule has 3 fully saturated rings. The number of hydrogen-bond acceptors (Lipinski definition) is 8. The summed E-state index contributed by atoms with van der Waals surface area (Å²) in [7, 11) is 0. The summed E-state index contributed by atoms with van der Waals surface area (Å²) in [6, 6.07) is 28.3. The molecule has 0 saturated carbocycles. The Hall–Kier alpha value is -5.81. The Kier molecular flexibility index (Phi) is 8.96. The van der Waals surface area contributed by atoms with Crippen molar-refractivity contribution < 1.29 is 29.1 Å². The molecule has 5 amide bonds. The van der Waals surface area contributed by atoms with Gasteiger partial charge in [-0.1, -0.05) is 48.5 Å². The molecule has 58 heavy (non-hydrogen) atoms. The van der Waals surface area contributed by atoms with Crippen LogP contribution in [0.15, 0.2) is 84.9 Å². The molecule has 5 heterocycles. The standard InChI is InChI=1S/C47H47N5O6/c53-35-11-13-37-31(22-35)8-12-36(29-4-2-1-3-5-29)43(37)30-6-9-34(10-7-30)50-19-16-47(17-20-50)18-21-51(28-47)42(55)27-49-25-32-23-38-39(24-33(32)26-49)46(58)52(45(38)57)40-14-15-41(54)48-44(40)56/h1-7,9-11,13,22-24,36,40,43,53H,8,12,14-21,25-28H2,(H,48,54,56)/t36-,40-,43+/m1/s1. The maximum atomic E-state index is 13.7. The predicted molar refractivity (Wildman–Crippen MR) is 216 cm³/mol. The fraction of sp³-hybridized carbons (Fsp3) is 0.383. The summed E-state index contributed by atoms with van der Waals surface area (Å²) in [5.74, 6) is -1.03. The average Bonchev–Trinajstić information content (AvgIpc) is 3.90. The Morgan fingerprint density at radius 2 is 1.43 bits per heavy atom. The summed E-state index contributed by atoms with van der Waals surface area (Å²) < 4.78 is 0. The number of phenolic OH excluding ortho intramolecular Hbond substituents is 1. The van der Waals surface area contributed by atoms with Gasteiger partial charge in [-0.2, -0.15) is 0 Å². The van der Waals surface area contributed by atoms with Crippen molar-refractivity contribution in [2.75, 3.05) is 37.6 Å². The lowest BCUT2D eigenvalue weighted by atomic mass is 9.69. The summed E-state index contributed by atoms with van der Waals surface area (Å²) in [4.78, 5) is 72.1. The van der Waals surface area contributed by atoms with Crippen molar-refractivity contribution in [2.45, 2.75) is 75.9 Å². The Morgan fingerprint density at radius 3 is 2.12 bits per heavy atom. The van der Waals surface area contributed by atoms with E-state index in [1.54, 1.807) is 12.1 Å². The van der Waals surface area contributed by atoms with Gasteiger partial charge < -0.3 is 14.9 Å². The number of aryl methyl sites for hydroxylation is 1. The van der Waals surface area contributed by atoms with E-state index in [0.717, 1.165) is 74.3 Å². The molecular formula is C47H47N5O6. The van der Waals surface area contributed by atoms with Crippen LogP contribution >= 0.6 is 0 Å². The van der Waals surface area contributed by atoms with Gasteiger partial charge in [-0.3, -0.25) is 39.1 Å². The van der Waals surface area contributed by atoms with Gasteiger partial charge in [0.15, 0.2) is 0 Å². The summed E-state index contributed by atoms with van der Waals surface area (Å²) in [5.41, 5.74) is 8.92. The number of piperidine rings is 2. The van der Waals surface area contributed by atoms with E-state index in [0.29, 0.717) is 24.8 Å². The van der Waals surface area contributed by atoms with Gasteiger partial charge in [0.1, 0.15) is 11.8 Å². The highest BCUT2D eigenvalue weighted by atomic mass is 16.3. The number of benzene rings is 4. The van der Waals surface area contributed by atoms with E-state index in [4.69, 9.17) is 0 Å². The zero-order valence-corrected chi connectivity index (χ0v) is 32.5. The van der Waals surface area contributed by atoms with Crippen LogP contribution in [0.25, 0.3) is 0 Å². The monoisotopic (exact) mass is 777 g/mol. The van der Waals surface area contributed by atoms with E-state index >= 15 is 0 Å². The molecule has 0 radical (unpaired) electrons. The van der Waals surface area contributed by atoms with E-state index in [2.05, 4.69) is 75.8 Å². The fourth-order valence-corrected chi connectivity index (χ4v) is 10.8. The third kappa shape index (κ3) is 6.36. The molecule has 0 unspecified atom stereocenters. The van der Waals surface area contributed by atoms with Crippen LogP contribution in [0.5, 0.6) is 5.75 Å². The van der Waals surface area contributed by atoms with E-state index < -0.39 is 29.7 Å². The predicted octanol–water partition coefficient (Wildman–Crippen LogP) is 5.49. The average molecular weight is 778 g/mol. The lowest BCUT2D eigenvalue weighted by Gasteiger charge is -2.40. The first-order valence-corrected chi connectivity index (χ1v) is 20.7. The first-order valence-electron chi connectivity index (χ1n) is 20.7. The first-order chi connectivity index (χ1) is 28.1. The quantitative estimate of drug-likeness (QED) is 0.246. The Labute approximate surface area is 337 Å². The molecule has 1 spiro atoms. The van der Waals surface area contributed by atoms with Crippen LogP contribution in [0.4, 0.5) is 5.69 Å². The Morgan fingerprint density at radius 1 is 0.741 bits per heavy atom. The van der Waals surface area contributed by atoms with E-state index in [9.17, 15) is 29.1 Å². The number of likely N-dealkylation sites (tertiary alicyclic amines) is 1. The zero-order valence-electron chi connectivity index (χ0n) is 32.5. The third-order valence-electron chi connectivity index (χ3n) is 14.0. The highest BCUT2D eigenvalue weighted by Gasteiger charge is 2.46. The third-order valence-corrected chi connectivity index (χ3v) is 14.0. The van der Waals surface area contributed by atoms with Crippen molar-refractivity contribution in [2.24, 2.45) is 5.41 Å². The van der Waals surface area contributed by atoms with Crippen LogP contribution in [-0.4, -0.2) is 88.1 Å². The molecule has 5 aliphatic heterocycles. The number of phenols is 1. The number of nitrogens with one attached hydrogen (secondary N) is 1. The Balaban J connectivity index is 0.752. The molecule has 11 heteroatoms. The molecule has 6 aliphatic rings. The van der Waals surface area contributed by atoms with Crippen LogP contribution in [0.1, 0.15) is 104 Å². The summed E-state index contributed by atoms with van der Waals surface area (Å²) in [6.45, 7) is 4.70. The van der Waals surface area contributed by atoms with Crippen LogP contribution in [0.3, 0.4) is 0 Å². The smallest absolute Gasteiger partial charge is 0.262 e. The topological polar surface area (TPSA) is 131 Å². The van der Waals surface area contributed by atoms with Crippen molar-refractivity contribution >= 4 is 35.2 Å². The second kappa shape index (κ2) is 14.2. The minimum absolute atomic E-state index is 0.0796. The van der Waals surface area contributed by atoms with E-state index in [-0.39, 0.29) is 47.8 Å². The van der Waals surface area contributed by atoms with E-state index in [1.165, 1.54) is 27.9 Å². The maximum Gasteiger partial charge on any atom is 0.262 e. The minimum Gasteiger partial charge on any atom is -0.508 e. The van der Waals surface area contributed by atoms with Gasteiger partial charge in [-0.15, -0.1) is 0 Å². The number of amides is 5. The second-order valence-electron chi connectivity index (χ2n) is 17.3. The number of carbonyl (C=O) groups is 5. The molecule has 0 bridgehead atoms. The number of aromatic hydroxyl groups is 1. The number of imide groups is 2. The molecule has 2 N–H and O–H groups in total. The van der Waals surface area contributed by atoms with Gasteiger partial charge in [-0.25, -0.2) is 0 Å². The normalized spacial score (nSPS) is 23.9. The minimum atomic E-state index is -0.992. The van der Waals surface area contributed by atoms with Crippen LogP contribution < -0.4 is 10.2 Å². The molecular weight excluding hydrogens is 731 g/mol. The lowest BCUT2D eigenvalue weighted by molar-refractivity contribution is -0.136. The van der Waals surface area contributed by atoms with Gasteiger partial charge in [0.25, 0.3) is 11.8 Å². The SMILES string of the molecule is O=C1CC[C@@H](N2C(=O)c3cc4c(cc3C2=O)CN(CC(=O)N2CCC3(CCN(c5ccc([C@@H]6c7ccc(O)cc7CC[C@@H]6c6ccccc6)cc5)CC3)C2)C4)C(=O)N1. The van der Waals surface area contributed by atoms with Gasteiger partial charge in [-0.05, 0) is 120 Å². The summed E-state index contributed by atoms with van der Waals surface area (Å²) >= 11 is 0. The maximum absolute atomic E-state index is 13.7. The molecule has 1 aliphatic carbocycles. The number of nitrogens with zero attached hydrogens (tertiary/aromatic N) is 4. The summed E-state index contributed by atoms with van der Waals surface area (Å²) in [5, 5.41) is 12.5. The Bertz CT molecular complexity index is 2310. The van der Waals surface area contributed by atoms with Crippen molar-refractivity contribution in [1.82, 2.24) is 20.0 Å². The molecule has 4 aromatic rings. The van der Waals surface area contributed by atoms with Crippen molar-refractivity contribution in [1.29, 1.82) is 0 Å². The fourth-order valence-electron chi connectivity index (χ4n) is 10.8. The van der Waals surface area contributed by atoms with Crippen molar-refractivity contribution in [3.8, 4) is 5.75 Å². The highest BCUT2D eigenvalue weighted by molar-refractivity contribution is 6.23. The van der Waals surface area contributed by atoms with Crippen LogP contribution in [0.2, 0.25) is 0 Å². The van der Waals surface area contributed by atoms with Gasteiger partial charge in [0.2, 0.25) is 17.7 Å². The number of anilines is 1.